The Morgan fingerprint density at radius 1 is 1.43 bits per heavy atom. The summed E-state index contributed by atoms with van der Waals surface area (Å²) in [7, 11) is 0. The van der Waals surface area contributed by atoms with E-state index < -0.39 is 0 Å². The monoisotopic (exact) mass is 189 g/mol. The predicted molar refractivity (Wildman–Crippen MR) is 55.4 cm³/mol. The molecule has 0 bridgehead atoms. The number of rotatable bonds is 0. The zero-order valence-corrected chi connectivity index (χ0v) is 8.42. The fourth-order valence-electron chi connectivity index (χ4n) is 2.63. The number of hydrogen-bond donors (Lipinski definition) is 1. The number of fused-ring (bicyclic) bond motifs is 2. The minimum atomic E-state index is 0.217. The fraction of sp³-hybridized carbons (Fsp3) is 0.500. The van der Waals surface area contributed by atoms with Gasteiger partial charge >= 0.3 is 0 Å². The van der Waals surface area contributed by atoms with Gasteiger partial charge in [0.15, 0.2) is 0 Å². The van der Waals surface area contributed by atoms with Gasteiger partial charge in [-0.3, -0.25) is 0 Å². The molecule has 0 aliphatic carbocycles. The van der Waals surface area contributed by atoms with Gasteiger partial charge in [0, 0.05) is 11.5 Å². The molecule has 2 aliphatic heterocycles. The van der Waals surface area contributed by atoms with Crippen LogP contribution >= 0.6 is 0 Å². The van der Waals surface area contributed by atoms with Crippen molar-refractivity contribution in [1.82, 2.24) is 5.32 Å². The van der Waals surface area contributed by atoms with E-state index in [-0.39, 0.29) is 5.54 Å². The summed E-state index contributed by atoms with van der Waals surface area (Å²) >= 11 is 0. The molecule has 0 radical (unpaired) electrons. The molecule has 1 saturated heterocycles. The minimum absolute atomic E-state index is 0.217. The molecule has 2 heterocycles. The molecule has 1 N–H and O–H groups in total. The molecule has 1 aromatic rings. The van der Waals surface area contributed by atoms with E-state index in [4.69, 9.17) is 4.74 Å². The van der Waals surface area contributed by atoms with Crippen LogP contribution < -0.4 is 10.1 Å². The Morgan fingerprint density at radius 2 is 2.21 bits per heavy atom. The van der Waals surface area contributed by atoms with E-state index >= 15 is 0 Å². The van der Waals surface area contributed by atoms with Crippen molar-refractivity contribution in [3.63, 3.8) is 0 Å². The average Bonchev–Trinajstić information content (AvgIpc) is 2.15. The molecule has 3 rings (SSSR count). The van der Waals surface area contributed by atoms with Crippen LogP contribution in [0.1, 0.15) is 18.9 Å². The van der Waals surface area contributed by atoms with Crippen molar-refractivity contribution in [2.45, 2.75) is 18.9 Å². The molecule has 1 aromatic carbocycles. The zero-order valence-electron chi connectivity index (χ0n) is 8.42. The molecule has 0 amide bonds. The lowest BCUT2D eigenvalue weighted by atomic mass is 9.70. The van der Waals surface area contributed by atoms with Crippen molar-refractivity contribution in [2.24, 2.45) is 5.92 Å². The Hall–Kier alpha value is -1.02. The lowest BCUT2D eigenvalue weighted by molar-refractivity contribution is 0.0584. The molecule has 0 saturated carbocycles. The lowest BCUT2D eigenvalue weighted by Crippen LogP contribution is -2.60. The zero-order chi connectivity index (χ0) is 9.60. The maximum atomic E-state index is 5.73. The number of para-hydroxylation sites is 1. The molecule has 2 aliphatic rings. The molecule has 14 heavy (non-hydrogen) atoms. The third-order valence-corrected chi connectivity index (χ3v) is 3.66. The van der Waals surface area contributed by atoms with E-state index in [0.29, 0.717) is 5.92 Å². The van der Waals surface area contributed by atoms with Crippen LogP contribution in [0.25, 0.3) is 0 Å². The first-order valence-electron chi connectivity index (χ1n) is 5.30. The summed E-state index contributed by atoms with van der Waals surface area (Å²) in [6.07, 6.45) is 1.24. The van der Waals surface area contributed by atoms with Gasteiger partial charge in [-0.1, -0.05) is 25.1 Å². The summed E-state index contributed by atoms with van der Waals surface area (Å²) in [4.78, 5) is 0. The molecule has 2 atom stereocenters. The number of ether oxygens (including phenoxy) is 1. The van der Waals surface area contributed by atoms with Gasteiger partial charge in [-0.2, -0.15) is 0 Å². The average molecular weight is 189 g/mol. The third-order valence-electron chi connectivity index (χ3n) is 3.66. The van der Waals surface area contributed by atoms with Crippen LogP contribution in [0.5, 0.6) is 5.75 Å². The van der Waals surface area contributed by atoms with E-state index in [9.17, 15) is 0 Å². The van der Waals surface area contributed by atoms with Crippen LogP contribution in [0.15, 0.2) is 24.3 Å². The summed E-state index contributed by atoms with van der Waals surface area (Å²) in [5.74, 6) is 1.64. The Labute approximate surface area is 84.3 Å². The van der Waals surface area contributed by atoms with Gasteiger partial charge < -0.3 is 10.1 Å². The van der Waals surface area contributed by atoms with Gasteiger partial charge in [-0.25, -0.2) is 0 Å². The standard InChI is InChI=1S/C12H15NO/c1-9-8-14-11-5-3-2-4-10(11)12(9)6-7-13-12/h2-5,9,13H,6-8H2,1H3. The lowest BCUT2D eigenvalue weighted by Gasteiger charge is -2.51. The van der Waals surface area contributed by atoms with Gasteiger partial charge in [0.05, 0.1) is 12.1 Å². The van der Waals surface area contributed by atoms with Crippen LogP contribution in [0.3, 0.4) is 0 Å². The first-order valence-corrected chi connectivity index (χ1v) is 5.30. The molecule has 2 unspecified atom stereocenters. The maximum absolute atomic E-state index is 5.73. The van der Waals surface area contributed by atoms with Crippen LogP contribution in [0.2, 0.25) is 0 Å². The van der Waals surface area contributed by atoms with Gasteiger partial charge in [-0.15, -0.1) is 0 Å². The van der Waals surface area contributed by atoms with Crippen LogP contribution in [-0.4, -0.2) is 13.2 Å². The van der Waals surface area contributed by atoms with E-state index in [0.717, 1.165) is 18.9 Å². The van der Waals surface area contributed by atoms with Crippen molar-refractivity contribution < 1.29 is 4.74 Å². The van der Waals surface area contributed by atoms with E-state index in [2.05, 4.69) is 30.4 Å². The van der Waals surface area contributed by atoms with Crippen molar-refractivity contribution in [3.05, 3.63) is 29.8 Å². The molecule has 1 fully saturated rings. The highest BCUT2D eigenvalue weighted by molar-refractivity contribution is 5.43. The molecular weight excluding hydrogens is 174 g/mol. The van der Waals surface area contributed by atoms with Crippen molar-refractivity contribution >= 4 is 0 Å². The smallest absolute Gasteiger partial charge is 0.124 e. The van der Waals surface area contributed by atoms with Crippen LogP contribution in [-0.2, 0) is 5.54 Å². The molecular formula is C12H15NO. The highest BCUT2D eigenvalue weighted by atomic mass is 16.5. The normalized spacial score (nSPS) is 34.5. The quantitative estimate of drug-likeness (QED) is 0.673. The second-order valence-corrected chi connectivity index (χ2v) is 4.36. The van der Waals surface area contributed by atoms with Gasteiger partial charge in [0.1, 0.15) is 5.75 Å². The van der Waals surface area contributed by atoms with Crippen LogP contribution in [0, 0.1) is 5.92 Å². The predicted octanol–water partition coefficient (Wildman–Crippen LogP) is 1.90. The molecule has 2 heteroatoms. The third kappa shape index (κ3) is 0.894. The van der Waals surface area contributed by atoms with Crippen molar-refractivity contribution in [1.29, 1.82) is 0 Å². The molecule has 0 aromatic heterocycles. The Morgan fingerprint density at radius 3 is 2.93 bits per heavy atom. The Bertz CT molecular complexity index is 357. The van der Waals surface area contributed by atoms with Crippen LogP contribution in [0.4, 0.5) is 0 Å². The second kappa shape index (κ2) is 2.74. The molecule has 74 valence electrons. The summed E-state index contributed by atoms with van der Waals surface area (Å²) in [6.45, 7) is 4.24. The first kappa shape index (κ1) is 8.30. The van der Waals surface area contributed by atoms with Gasteiger partial charge in [-0.05, 0) is 19.0 Å². The maximum Gasteiger partial charge on any atom is 0.124 e. The largest absolute Gasteiger partial charge is 0.493 e. The second-order valence-electron chi connectivity index (χ2n) is 4.36. The van der Waals surface area contributed by atoms with E-state index in [1.807, 2.05) is 6.07 Å². The Kier molecular flexibility index (Phi) is 1.62. The topological polar surface area (TPSA) is 21.3 Å². The molecule has 2 nitrogen and oxygen atoms in total. The Balaban J connectivity index is 2.12. The van der Waals surface area contributed by atoms with E-state index in [1.165, 1.54) is 12.0 Å². The highest BCUT2D eigenvalue weighted by Gasteiger charge is 2.47. The van der Waals surface area contributed by atoms with Gasteiger partial charge in [0.2, 0.25) is 0 Å². The van der Waals surface area contributed by atoms with Crippen molar-refractivity contribution in [3.8, 4) is 5.75 Å². The minimum Gasteiger partial charge on any atom is -0.493 e. The van der Waals surface area contributed by atoms with Gasteiger partial charge in [0.25, 0.3) is 0 Å². The SMILES string of the molecule is CC1COc2ccccc2C12CCN2. The summed E-state index contributed by atoms with van der Waals surface area (Å²) in [5.41, 5.74) is 1.57. The number of hydrogen-bond acceptors (Lipinski definition) is 2. The highest BCUT2D eigenvalue weighted by Crippen LogP contribution is 2.45. The summed E-state index contributed by atoms with van der Waals surface area (Å²) in [5, 5.41) is 3.59. The van der Waals surface area contributed by atoms with Crippen molar-refractivity contribution in [2.75, 3.05) is 13.2 Å². The fourth-order valence-corrected chi connectivity index (χ4v) is 2.63. The van der Waals surface area contributed by atoms with E-state index in [1.54, 1.807) is 0 Å². The molecule has 1 spiro atoms. The summed E-state index contributed by atoms with van der Waals surface area (Å²) < 4.78 is 5.73. The summed E-state index contributed by atoms with van der Waals surface area (Å²) in [6, 6.07) is 8.41. The first-order chi connectivity index (χ1) is 6.83. The number of nitrogens with one attached hydrogen (secondary N) is 1. The number of benzene rings is 1.